The van der Waals surface area contributed by atoms with Gasteiger partial charge < -0.3 is 19.7 Å². The summed E-state index contributed by atoms with van der Waals surface area (Å²) in [6.45, 7) is 7.21. The fourth-order valence-electron chi connectivity index (χ4n) is 3.39. The van der Waals surface area contributed by atoms with Gasteiger partial charge in [0.1, 0.15) is 5.69 Å². The van der Waals surface area contributed by atoms with Crippen molar-refractivity contribution in [1.29, 1.82) is 0 Å². The van der Waals surface area contributed by atoms with Gasteiger partial charge in [0, 0.05) is 24.8 Å². The molecule has 0 bridgehead atoms. The van der Waals surface area contributed by atoms with Gasteiger partial charge in [0.2, 0.25) is 0 Å². The van der Waals surface area contributed by atoms with Crippen molar-refractivity contribution in [3.05, 3.63) is 63.2 Å². The number of carbonyl (C=O) groups excluding carboxylic acids is 2. The van der Waals surface area contributed by atoms with E-state index in [1.54, 1.807) is 0 Å². The lowest BCUT2D eigenvalue weighted by atomic mass is 10.1. The highest BCUT2D eigenvalue weighted by atomic mass is 16.6. The number of nitrogens with zero attached hydrogens (tertiary/aromatic N) is 2. The number of rotatable bonds is 6. The molecule has 3 rings (SSSR count). The van der Waals surface area contributed by atoms with E-state index < -0.39 is 22.9 Å². The van der Waals surface area contributed by atoms with Crippen molar-refractivity contribution in [1.82, 2.24) is 0 Å². The zero-order valence-corrected chi connectivity index (χ0v) is 17.7. The molecule has 9 nitrogen and oxygen atoms in total. The number of aryl methyl sites for hydroxylation is 2. The van der Waals surface area contributed by atoms with E-state index in [4.69, 9.17) is 9.47 Å². The molecule has 1 aliphatic rings. The minimum atomic E-state index is -1.08. The lowest BCUT2D eigenvalue weighted by molar-refractivity contribution is -0.384. The summed E-state index contributed by atoms with van der Waals surface area (Å²) in [4.78, 5) is 37.9. The van der Waals surface area contributed by atoms with E-state index in [-0.39, 0.29) is 11.3 Å². The fourth-order valence-corrected chi connectivity index (χ4v) is 3.39. The number of nitro benzene ring substituents is 1. The first-order valence-electron chi connectivity index (χ1n) is 9.97. The molecule has 0 saturated carbocycles. The third-order valence-corrected chi connectivity index (χ3v) is 5.14. The van der Waals surface area contributed by atoms with E-state index in [0.29, 0.717) is 37.7 Å². The zero-order chi connectivity index (χ0) is 22.5. The van der Waals surface area contributed by atoms with Gasteiger partial charge in [-0.3, -0.25) is 14.9 Å². The molecule has 1 heterocycles. The molecule has 31 heavy (non-hydrogen) atoms. The van der Waals surface area contributed by atoms with Crippen molar-refractivity contribution in [3.63, 3.8) is 0 Å². The highest BCUT2D eigenvalue weighted by Gasteiger charge is 2.25. The number of ether oxygens (including phenoxy) is 2. The van der Waals surface area contributed by atoms with Crippen LogP contribution in [0.25, 0.3) is 0 Å². The Balaban J connectivity index is 1.72. The van der Waals surface area contributed by atoms with Gasteiger partial charge in [-0.05, 0) is 44.0 Å². The molecule has 1 atom stereocenters. The number of morpholine rings is 1. The predicted molar refractivity (Wildman–Crippen MR) is 116 cm³/mol. The molecule has 0 unspecified atom stereocenters. The van der Waals surface area contributed by atoms with Gasteiger partial charge in [0.05, 0.1) is 23.7 Å². The van der Waals surface area contributed by atoms with Crippen molar-refractivity contribution >= 4 is 28.9 Å². The average molecular weight is 427 g/mol. The van der Waals surface area contributed by atoms with Crippen LogP contribution in [0.1, 0.15) is 28.4 Å². The van der Waals surface area contributed by atoms with Gasteiger partial charge in [-0.25, -0.2) is 4.79 Å². The summed E-state index contributed by atoms with van der Waals surface area (Å²) >= 11 is 0. The van der Waals surface area contributed by atoms with Crippen LogP contribution in [0.15, 0.2) is 36.4 Å². The molecule has 2 aromatic carbocycles. The average Bonchev–Trinajstić information content (AvgIpc) is 2.76. The smallest absolute Gasteiger partial charge is 0.339 e. The van der Waals surface area contributed by atoms with Gasteiger partial charge in [-0.1, -0.05) is 18.2 Å². The predicted octanol–water partition coefficient (Wildman–Crippen LogP) is 3.23. The van der Waals surface area contributed by atoms with Crippen molar-refractivity contribution in [2.75, 3.05) is 36.5 Å². The summed E-state index contributed by atoms with van der Waals surface area (Å²) in [7, 11) is 0. The van der Waals surface area contributed by atoms with Gasteiger partial charge >= 0.3 is 5.97 Å². The number of esters is 1. The molecule has 0 aliphatic carbocycles. The van der Waals surface area contributed by atoms with Crippen LogP contribution in [0.2, 0.25) is 0 Å². The molecule has 9 heteroatoms. The quantitative estimate of drug-likeness (QED) is 0.428. The number of nitrogens with one attached hydrogen (secondary N) is 1. The van der Waals surface area contributed by atoms with Crippen LogP contribution in [0.3, 0.4) is 0 Å². The highest BCUT2D eigenvalue weighted by molar-refractivity contribution is 5.98. The third kappa shape index (κ3) is 5.18. The monoisotopic (exact) mass is 427 g/mol. The number of carbonyl (C=O) groups is 2. The van der Waals surface area contributed by atoms with Crippen molar-refractivity contribution in [3.8, 4) is 0 Å². The SMILES string of the molecule is Cc1cccc(C)c1NC(=O)[C@@H](C)OC(=O)c1ccc(N2CCOCC2)c([N+](=O)[O-])c1. The second-order valence-corrected chi connectivity index (χ2v) is 7.36. The molecular weight excluding hydrogens is 402 g/mol. The standard InChI is InChI=1S/C22H25N3O6/c1-14-5-4-6-15(2)20(14)23-21(26)16(3)31-22(27)17-7-8-18(19(13-17)25(28)29)24-9-11-30-12-10-24/h4-8,13,16H,9-12H2,1-3H3,(H,23,26)/t16-/m1/s1. The number of nitro groups is 1. The molecule has 1 aliphatic heterocycles. The van der Waals surface area contributed by atoms with Crippen LogP contribution in [0, 0.1) is 24.0 Å². The first-order chi connectivity index (χ1) is 14.8. The highest BCUT2D eigenvalue weighted by Crippen LogP contribution is 2.30. The lowest BCUT2D eigenvalue weighted by Gasteiger charge is -2.28. The Morgan fingerprint density at radius 3 is 2.42 bits per heavy atom. The van der Waals surface area contributed by atoms with E-state index in [1.807, 2.05) is 36.9 Å². The Bertz CT molecular complexity index is 980. The minimum Gasteiger partial charge on any atom is -0.449 e. The van der Waals surface area contributed by atoms with Crippen LogP contribution >= 0.6 is 0 Å². The maximum Gasteiger partial charge on any atom is 0.339 e. The Hall–Kier alpha value is -3.46. The Morgan fingerprint density at radius 2 is 1.81 bits per heavy atom. The van der Waals surface area contributed by atoms with Gasteiger partial charge in [0.15, 0.2) is 6.10 Å². The summed E-state index contributed by atoms with van der Waals surface area (Å²) in [5.74, 6) is -1.29. The molecule has 0 aromatic heterocycles. The summed E-state index contributed by atoms with van der Waals surface area (Å²) in [5.41, 5.74) is 2.69. The molecular formula is C22H25N3O6. The molecule has 1 amide bonds. The second-order valence-electron chi connectivity index (χ2n) is 7.36. The van der Waals surface area contributed by atoms with Crippen LogP contribution < -0.4 is 10.2 Å². The van der Waals surface area contributed by atoms with Crippen LogP contribution in [-0.4, -0.2) is 49.2 Å². The van der Waals surface area contributed by atoms with E-state index in [9.17, 15) is 19.7 Å². The Morgan fingerprint density at radius 1 is 1.16 bits per heavy atom. The van der Waals surface area contributed by atoms with Crippen LogP contribution in [0.5, 0.6) is 0 Å². The molecule has 2 aromatic rings. The van der Waals surface area contributed by atoms with E-state index in [2.05, 4.69) is 5.32 Å². The normalized spacial score (nSPS) is 14.6. The molecule has 164 valence electrons. The van der Waals surface area contributed by atoms with Crippen molar-refractivity contribution in [2.45, 2.75) is 26.9 Å². The fraction of sp³-hybridized carbons (Fsp3) is 0.364. The summed E-state index contributed by atoms with van der Waals surface area (Å²) in [6.07, 6.45) is -1.08. The zero-order valence-electron chi connectivity index (χ0n) is 17.7. The largest absolute Gasteiger partial charge is 0.449 e. The van der Waals surface area contributed by atoms with Crippen molar-refractivity contribution in [2.24, 2.45) is 0 Å². The number of anilines is 2. The molecule has 0 spiro atoms. The molecule has 0 radical (unpaired) electrons. The summed E-state index contributed by atoms with van der Waals surface area (Å²) in [6, 6.07) is 9.81. The second kappa shape index (κ2) is 9.57. The number of benzene rings is 2. The van der Waals surface area contributed by atoms with Gasteiger partial charge in [-0.2, -0.15) is 0 Å². The lowest BCUT2D eigenvalue weighted by Crippen LogP contribution is -2.36. The first-order valence-corrected chi connectivity index (χ1v) is 9.97. The van der Waals surface area contributed by atoms with E-state index in [1.165, 1.54) is 25.1 Å². The Kier molecular flexibility index (Phi) is 6.86. The topological polar surface area (TPSA) is 111 Å². The first kappa shape index (κ1) is 22.2. The summed E-state index contributed by atoms with van der Waals surface area (Å²) in [5, 5.41) is 14.3. The number of amides is 1. The van der Waals surface area contributed by atoms with Gasteiger partial charge in [0.25, 0.3) is 11.6 Å². The number of hydrogen-bond donors (Lipinski definition) is 1. The van der Waals surface area contributed by atoms with E-state index >= 15 is 0 Å². The van der Waals surface area contributed by atoms with Crippen LogP contribution in [-0.2, 0) is 14.3 Å². The molecule has 1 N–H and O–H groups in total. The molecule has 1 fully saturated rings. The van der Waals surface area contributed by atoms with Crippen LogP contribution in [0.4, 0.5) is 17.1 Å². The maximum atomic E-state index is 12.5. The Labute approximate surface area is 180 Å². The minimum absolute atomic E-state index is 0.00966. The third-order valence-electron chi connectivity index (χ3n) is 5.14. The molecule has 1 saturated heterocycles. The summed E-state index contributed by atoms with van der Waals surface area (Å²) < 4.78 is 10.5. The number of hydrogen-bond acceptors (Lipinski definition) is 7. The van der Waals surface area contributed by atoms with Crippen molar-refractivity contribution < 1.29 is 24.0 Å². The van der Waals surface area contributed by atoms with Gasteiger partial charge in [-0.15, -0.1) is 0 Å². The maximum absolute atomic E-state index is 12.5. The van der Waals surface area contributed by atoms with E-state index in [0.717, 1.165) is 11.1 Å². The number of para-hydroxylation sites is 1.